The molecule has 2 aromatic rings. The van der Waals surface area contributed by atoms with Gasteiger partial charge in [0.25, 0.3) is 0 Å². The van der Waals surface area contributed by atoms with Gasteiger partial charge in [-0.15, -0.1) is 0 Å². The molecule has 1 saturated heterocycles. The molecule has 0 unspecified atom stereocenters. The summed E-state index contributed by atoms with van der Waals surface area (Å²) in [5.74, 6) is -2.10. The Morgan fingerprint density at radius 3 is 2.81 bits per heavy atom. The summed E-state index contributed by atoms with van der Waals surface area (Å²) in [6.45, 7) is 0.799. The van der Waals surface area contributed by atoms with Gasteiger partial charge < -0.3 is 15.2 Å². The molecule has 0 radical (unpaired) electrons. The quantitative estimate of drug-likeness (QED) is 0.788. The number of ether oxygens (including phenoxy) is 1. The fourth-order valence-electron chi connectivity index (χ4n) is 3.20. The van der Waals surface area contributed by atoms with E-state index in [4.69, 9.17) is 21.4 Å². The third-order valence-electron chi connectivity index (χ3n) is 4.59. The van der Waals surface area contributed by atoms with Gasteiger partial charge in [-0.1, -0.05) is 29.8 Å². The van der Waals surface area contributed by atoms with Crippen LogP contribution in [-0.2, 0) is 16.0 Å². The maximum absolute atomic E-state index is 13.7. The van der Waals surface area contributed by atoms with E-state index in [1.54, 1.807) is 18.2 Å². The highest BCUT2D eigenvalue weighted by atomic mass is 35.5. The number of carboxylic acid groups (broad SMARTS) is 1. The standard InChI is InChI=1S/C20H19ClFNO4/c21-16-5-4-13(11-17(16)22)18-15(7-9-27-18)19(24)23-8-6-12-2-1-3-14(10-12)20(25)26/h1-5,10-11,15,18H,6-9H2,(H,23,24)(H,25,26)/t15-,18+/m1/s1. The Morgan fingerprint density at radius 2 is 2.07 bits per heavy atom. The second kappa shape index (κ2) is 8.50. The Kier molecular flexibility index (Phi) is 6.08. The molecule has 2 N–H and O–H groups in total. The van der Waals surface area contributed by atoms with Crippen LogP contribution in [0.2, 0.25) is 5.02 Å². The van der Waals surface area contributed by atoms with E-state index in [1.165, 1.54) is 18.2 Å². The molecule has 0 bridgehead atoms. The lowest BCUT2D eigenvalue weighted by atomic mass is 9.94. The Labute approximate surface area is 161 Å². The number of rotatable bonds is 6. The molecule has 0 aromatic heterocycles. The number of nitrogens with one attached hydrogen (secondary N) is 1. The van der Waals surface area contributed by atoms with Gasteiger partial charge in [0.2, 0.25) is 5.91 Å². The number of amides is 1. The summed E-state index contributed by atoms with van der Waals surface area (Å²) >= 11 is 5.71. The lowest BCUT2D eigenvalue weighted by Crippen LogP contribution is -2.33. The number of carbonyl (C=O) groups excluding carboxylic acids is 1. The zero-order chi connectivity index (χ0) is 19.4. The van der Waals surface area contributed by atoms with Gasteiger partial charge in [-0.05, 0) is 48.2 Å². The number of carboxylic acids is 1. The van der Waals surface area contributed by atoms with Crippen LogP contribution >= 0.6 is 11.6 Å². The van der Waals surface area contributed by atoms with Crippen molar-refractivity contribution in [3.8, 4) is 0 Å². The number of hydrogen-bond donors (Lipinski definition) is 2. The lowest BCUT2D eigenvalue weighted by Gasteiger charge is -2.19. The number of halogens is 2. The van der Waals surface area contributed by atoms with Crippen molar-refractivity contribution in [2.45, 2.75) is 18.9 Å². The average molecular weight is 392 g/mol. The van der Waals surface area contributed by atoms with Crippen LogP contribution in [0.4, 0.5) is 4.39 Å². The molecule has 1 heterocycles. The van der Waals surface area contributed by atoms with Gasteiger partial charge in [0.1, 0.15) is 5.82 Å². The van der Waals surface area contributed by atoms with Crippen LogP contribution < -0.4 is 5.32 Å². The Balaban J connectivity index is 1.59. The SMILES string of the molecule is O=C(O)c1cccc(CCNC(=O)[C@@H]2CCO[C@H]2c2ccc(Cl)c(F)c2)c1. The highest BCUT2D eigenvalue weighted by molar-refractivity contribution is 6.30. The van der Waals surface area contributed by atoms with Gasteiger partial charge in [-0.25, -0.2) is 9.18 Å². The van der Waals surface area contributed by atoms with Crippen molar-refractivity contribution in [3.05, 3.63) is 70.0 Å². The van der Waals surface area contributed by atoms with E-state index in [2.05, 4.69) is 5.32 Å². The van der Waals surface area contributed by atoms with Gasteiger partial charge >= 0.3 is 5.97 Å². The van der Waals surface area contributed by atoms with Crippen LogP contribution in [0.15, 0.2) is 42.5 Å². The average Bonchev–Trinajstić information content (AvgIpc) is 3.14. The summed E-state index contributed by atoms with van der Waals surface area (Å²) in [4.78, 5) is 23.5. The molecular formula is C20H19ClFNO4. The van der Waals surface area contributed by atoms with Crippen molar-refractivity contribution < 1.29 is 23.8 Å². The Hall–Kier alpha value is -2.44. The number of aromatic carboxylic acids is 1. The third kappa shape index (κ3) is 4.64. The molecule has 1 fully saturated rings. The first-order chi connectivity index (χ1) is 13.0. The van der Waals surface area contributed by atoms with E-state index in [9.17, 15) is 14.0 Å². The van der Waals surface area contributed by atoms with E-state index < -0.39 is 23.8 Å². The van der Waals surface area contributed by atoms with E-state index in [0.29, 0.717) is 31.6 Å². The zero-order valence-corrected chi connectivity index (χ0v) is 15.2. The normalized spacial score (nSPS) is 19.0. The van der Waals surface area contributed by atoms with Crippen molar-refractivity contribution >= 4 is 23.5 Å². The fourth-order valence-corrected chi connectivity index (χ4v) is 3.31. The van der Waals surface area contributed by atoms with Gasteiger partial charge in [0, 0.05) is 13.2 Å². The smallest absolute Gasteiger partial charge is 0.335 e. The zero-order valence-electron chi connectivity index (χ0n) is 14.5. The van der Waals surface area contributed by atoms with Crippen molar-refractivity contribution in [1.82, 2.24) is 5.32 Å². The van der Waals surface area contributed by atoms with Crippen molar-refractivity contribution in [3.63, 3.8) is 0 Å². The molecule has 1 aliphatic heterocycles. The Morgan fingerprint density at radius 1 is 1.26 bits per heavy atom. The topological polar surface area (TPSA) is 75.6 Å². The van der Waals surface area contributed by atoms with E-state index >= 15 is 0 Å². The second-order valence-corrected chi connectivity index (χ2v) is 6.81. The highest BCUT2D eigenvalue weighted by Crippen LogP contribution is 2.35. The highest BCUT2D eigenvalue weighted by Gasteiger charge is 2.35. The number of carbonyl (C=O) groups is 2. The van der Waals surface area contributed by atoms with Gasteiger partial charge in [-0.2, -0.15) is 0 Å². The molecular weight excluding hydrogens is 373 g/mol. The van der Waals surface area contributed by atoms with Crippen molar-refractivity contribution in [1.29, 1.82) is 0 Å². The van der Waals surface area contributed by atoms with Crippen LogP contribution in [-0.4, -0.2) is 30.1 Å². The molecule has 5 nitrogen and oxygen atoms in total. The van der Waals surface area contributed by atoms with Gasteiger partial charge in [-0.3, -0.25) is 4.79 Å². The van der Waals surface area contributed by atoms with Crippen LogP contribution in [0.5, 0.6) is 0 Å². The van der Waals surface area contributed by atoms with Crippen LogP contribution in [0.25, 0.3) is 0 Å². The van der Waals surface area contributed by atoms with E-state index in [1.807, 2.05) is 6.07 Å². The predicted molar refractivity (Wildman–Crippen MR) is 98.3 cm³/mol. The predicted octanol–water partition coefficient (Wildman–Crippen LogP) is 3.61. The van der Waals surface area contributed by atoms with E-state index in [0.717, 1.165) is 5.56 Å². The molecule has 1 aliphatic rings. The summed E-state index contributed by atoms with van der Waals surface area (Å²) in [6.07, 6.45) is 0.558. The molecule has 142 valence electrons. The van der Waals surface area contributed by atoms with Crippen molar-refractivity contribution in [2.24, 2.45) is 5.92 Å². The molecule has 27 heavy (non-hydrogen) atoms. The minimum absolute atomic E-state index is 0.0290. The summed E-state index contributed by atoms with van der Waals surface area (Å²) in [6, 6.07) is 11.0. The molecule has 7 heteroatoms. The van der Waals surface area contributed by atoms with Gasteiger partial charge in [0.15, 0.2) is 0 Å². The fraction of sp³-hybridized carbons (Fsp3) is 0.300. The first-order valence-corrected chi connectivity index (χ1v) is 9.00. The molecule has 2 atom stereocenters. The molecule has 0 spiro atoms. The number of hydrogen-bond acceptors (Lipinski definition) is 3. The monoisotopic (exact) mass is 391 g/mol. The summed E-state index contributed by atoms with van der Waals surface area (Å²) in [5.41, 5.74) is 1.63. The van der Waals surface area contributed by atoms with E-state index in [-0.39, 0.29) is 16.5 Å². The van der Waals surface area contributed by atoms with Crippen LogP contribution in [0.3, 0.4) is 0 Å². The maximum atomic E-state index is 13.7. The molecule has 3 rings (SSSR count). The minimum atomic E-state index is -0.984. The molecule has 0 aliphatic carbocycles. The maximum Gasteiger partial charge on any atom is 0.335 e. The third-order valence-corrected chi connectivity index (χ3v) is 4.89. The first kappa shape index (κ1) is 19.3. The molecule has 1 amide bonds. The summed E-state index contributed by atoms with van der Waals surface area (Å²) in [7, 11) is 0. The lowest BCUT2D eigenvalue weighted by molar-refractivity contribution is -0.126. The largest absolute Gasteiger partial charge is 0.478 e. The second-order valence-electron chi connectivity index (χ2n) is 6.41. The molecule has 2 aromatic carbocycles. The van der Waals surface area contributed by atoms with Crippen LogP contribution in [0, 0.1) is 11.7 Å². The minimum Gasteiger partial charge on any atom is -0.478 e. The number of benzene rings is 2. The summed E-state index contributed by atoms with van der Waals surface area (Å²) in [5, 5.41) is 11.9. The molecule has 0 saturated carbocycles. The summed E-state index contributed by atoms with van der Waals surface area (Å²) < 4.78 is 19.3. The Bertz CT molecular complexity index is 858. The van der Waals surface area contributed by atoms with Crippen molar-refractivity contribution in [2.75, 3.05) is 13.2 Å². The van der Waals surface area contributed by atoms with Gasteiger partial charge in [0.05, 0.1) is 22.6 Å². The first-order valence-electron chi connectivity index (χ1n) is 8.62. The van der Waals surface area contributed by atoms with Crippen LogP contribution in [0.1, 0.15) is 34.0 Å².